The first-order valence-electron chi connectivity index (χ1n) is 6.09. The number of benzene rings is 1. The lowest BCUT2D eigenvalue weighted by Gasteiger charge is -2.29. The zero-order chi connectivity index (χ0) is 13.0. The number of aliphatic hydroxyl groups is 1. The van der Waals surface area contributed by atoms with Crippen LogP contribution < -0.4 is 0 Å². The minimum absolute atomic E-state index is 0.0816. The molecule has 18 heavy (non-hydrogen) atoms. The van der Waals surface area contributed by atoms with Gasteiger partial charge >= 0.3 is 0 Å². The molecule has 1 heterocycles. The van der Waals surface area contributed by atoms with E-state index in [1.807, 2.05) is 0 Å². The van der Waals surface area contributed by atoms with Gasteiger partial charge in [0, 0.05) is 19.2 Å². The van der Waals surface area contributed by atoms with Gasteiger partial charge in [-0.2, -0.15) is 0 Å². The predicted molar refractivity (Wildman–Crippen MR) is 69.0 cm³/mol. The van der Waals surface area contributed by atoms with E-state index in [-0.39, 0.29) is 11.7 Å². The highest BCUT2D eigenvalue weighted by Gasteiger charge is 2.20. The van der Waals surface area contributed by atoms with Gasteiger partial charge in [0.2, 0.25) is 5.91 Å². The molecule has 0 aromatic heterocycles. The summed E-state index contributed by atoms with van der Waals surface area (Å²) in [5.74, 6) is 0.124. The van der Waals surface area contributed by atoms with Crippen molar-refractivity contribution in [3.05, 3.63) is 35.9 Å². The van der Waals surface area contributed by atoms with Crippen molar-refractivity contribution in [2.45, 2.75) is 18.9 Å². The molecule has 0 bridgehead atoms. The molecule has 96 valence electrons. The molecular formula is C14H17NO3. The molecule has 2 N–H and O–H groups in total. The Balaban J connectivity index is 1.96. The Morgan fingerprint density at radius 1 is 1.33 bits per heavy atom. The second-order valence-corrected chi connectivity index (χ2v) is 4.51. The molecule has 0 unspecified atom stereocenters. The van der Waals surface area contributed by atoms with Crippen LogP contribution in [0.15, 0.2) is 30.3 Å². The number of aromatic hydroxyl groups is 1. The van der Waals surface area contributed by atoms with Gasteiger partial charge in [-0.15, -0.1) is 0 Å². The second-order valence-electron chi connectivity index (χ2n) is 4.51. The minimum atomic E-state index is -0.398. The van der Waals surface area contributed by atoms with Crippen molar-refractivity contribution in [2.24, 2.45) is 0 Å². The Morgan fingerprint density at radius 3 is 2.72 bits per heavy atom. The highest BCUT2D eigenvalue weighted by Crippen LogP contribution is 2.13. The molecule has 0 aliphatic carbocycles. The number of nitrogens with zero attached hydrogens (tertiary/aromatic N) is 1. The summed E-state index contributed by atoms with van der Waals surface area (Å²) in [6, 6.07) is 6.64. The average Bonchev–Trinajstić information content (AvgIpc) is 2.38. The lowest BCUT2D eigenvalue weighted by Crippen LogP contribution is -2.41. The van der Waals surface area contributed by atoms with E-state index in [1.165, 1.54) is 6.08 Å². The first-order valence-corrected chi connectivity index (χ1v) is 6.09. The monoisotopic (exact) mass is 247 g/mol. The third-order valence-corrected chi connectivity index (χ3v) is 3.02. The Hall–Kier alpha value is -1.81. The highest BCUT2D eigenvalue weighted by molar-refractivity contribution is 5.91. The highest BCUT2D eigenvalue weighted by atomic mass is 16.3. The molecule has 1 aliphatic heterocycles. The van der Waals surface area contributed by atoms with Crippen LogP contribution in [0.5, 0.6) is 5.75 Å². The molecule has 0 spiro atoms. The number of likely N-dealkylation sites (tertiary alicyclic amines) is 1. The summed E-state index contributed by atoms with van der Waals surface area (Å²) >= 11 is 0. The third kappa shape index (κ3) is 3.34. The molecule has 4 heteroatoms. The van der Waals surface area contributed by atoms with Crippen molar-refractivity contribution < 1.29 is 15.0 Å². The molecule has 0 radical (unpaired) electrons. The second kappa shape index (κ2) is 5.69. The quantitative estimate of drug-likeness (QED) is 0.776. The summed E-state index contributed by atoms with van der Waals surface area (Å²) in [7, 11) is 0. The van der Waals surface area contributed by atoms with E-state index in [2.05, 4.69) is 0 Å². The zero-order valence-electron chi connectivity index (χ0n) is 10.1. The molecule has 1 atom stereocenters. The van der Waals surface area contributed by atoms with Crippen LogP contribution in [0.25, 0.3) is 6.08 Å². The lowest BCUT2D eigenvalue weighted by atomic mass is 10.1. The molecule has 0 saturated carbocycles. The number of hydrogen-bond donors (Lipinski definition) is 2. The number of β-amino-alcohol motifs (C(OH)–C–C–N with tert-alkyl or cyclic N) is 1. The van der Waals surface area contributed by atoms with Crippen molar-refractivity contribution in [2.75, 3.05) is 13.1 Å². The van der Waals surface area contributed by atoms with Crippen molar-refractivity contribution in [1.29, 1.82) is 0 Å². The lowest BCUT2D eigenvalue weighted by molar-refractivity contribution is -0.128. The molecule has 1 aromatic carbocycles. The van der Waals surface area contributed by atoms with Gasteiger partial charge < -0.3 is 15.1 Å². The van der Waals surface area contributed by atoms with Crippen LogP contribution in [-0.4, -0.2) is 40.2 Å². The number of amides is 1. The average molecular weight is 247 g/mol. The van der Waals surface area contributed by atoms with Gasteiger partial charge in [-0.05, 0) is 36.6 Å². The van der Waals surface area contributed by atoms with Gasteiger partial charge in [0.05, 0.1) is 6.10 Å². The van der Waals surface area contributed by atoms with E-state index in [1.54, 1.807) is 35.2 Å². The molecule has 1 amide bonds. The van der Waals surface area contributed by atoms with E-state index in [4.69, 9.17) is 5.11 Å². The normalized spacial score (nSPS) is 20.3. The number of rotatable bonds is 2. The van der Waals surface area contributed by atoms with Crippen LogP contribution in [0, 0.1) is 0 Å². The van der Waals surface area contributed by atoms with Gasteiger partial charge in [-0.1, -0.05) is 12.1 Å². The fourth-order valence-corrected chi connectivity index (χ4v) is 2.01. The number of phenolic OH excluding ortho intramolecular Hbond substituents is 1. The topological polar surface area (TPSA) is 60.8 Å². The standard InChI is InChI=1S/C14H17NO3/c16-12-6-3-11(4-7-12)5-8-14(18)15-9-1-2-13(17)10-15/h3-8,13,16-17H,1-2,9-10H2/b8-5+/t13-/m0/s1. The van der Waals surface area contributed by atoms with Gasteiger partial charge in [0.25, 0.3) is 0 Å². The van der Waals surface area contributed by atoms with Crippen molar-refractivity contribution in [3.63, 3.8) is 0 Å². The molecular weight excluding hydrogens is 230 g/mol. The van der Waals surface area contributed by atoms with Gasteiger partial charge in [0.15, 0.2) is 0 Å². The molecule has 4 nitrogen and oxygen atoms in total. The first-order chi connectivity index (χ1) is 8.65. The summed E-state index contributed by atoms with van der Waals surface area (Å²) in [6.45, 7) is 1.12. The number of carbonyl (C=O) groups excluding carboxylic acids is 1. The smallest absolute Gasteiger partial charge is 0.246 e. The van der Waals surface area contributed by atoms with Crippen LogP contribution in [-0.2, 0) is 4.79 Å². The van der Waals surface area contributed by atoms with Crippen LogP contribution in [0.3, 0.4) is 0 Å². The van der Waals surface area contributed by atoms with Crippen LogP contribution in [0.2, 0.25) is 0 Å². The van der Waals surface area contributed by atoms with Crippen LogP contribution >= 0.6 is 0 Å². The molecule has 1 aromatic rings. The number of piperidine rings is 1. The number of aliphatic hydroxyl groups excluding tert-OH is 1. The molecule has 1 fully saturated rings. The summed E-state index contributed by atoms with van der Waals surface area (Å²) in [4.78, 5) is 13.5. The Kier molecular flexibility index (Phi) is 3.99. The summed E-state index contributed by atoms with van der Waals surface area (Å²) in [6.07, 6.45) is 4.43. The maximum absolute atomic E-state index is 11.9. The Morgan fingerprint density at radius 2 is 2.06 bits per heavy atom. The maximum atomic E-state index is 11.9. The summed E-state index contributed by atoms with van der Waals surface area (Å²) < 4.78 is 0. The molecule has 1 aliphatic rings. The van der Waals surface area contributed by atoms with Gasteiger partial charge in [-0.3, -0.25) is 4.79 Å². The first kappa shape index (κ1) is 12.6. The largest absolute Gasteiger partial charge is 0.508 e. The fourth-order valence-electron chi connectivity index (χ4n) is 2.01. The van der Waals surface area contributed by atoms with E-state index in [0.717, 1.165) is 18.4 Å². The van der Waals surface area contributed by atoms with Gasteiger partial charge in [-0.25, -0.2) is 0 Å². The Labute approximate surface area is 106 Å². The fraction of sp³-hybridized carbons (Fsp3) is 0.357. The van der Waals surface area contributed by atoms with Crippen LogP contribution in [0.4, 0.5) is 0 Å². The SMILES string of the molecule is O=C(/C=C/c1ccc(O)cc1)N1CCC[C@H](O)C1. The predicted octanol–water partition coefficient (Wildman–Crippen LogP) is 1.39. The van der Waals surface area contributed by atoms with Crippen LogP contribution in [0.1, 0.15) is 18.4 Å². The van der Waals surface area contributed by atoms with Crippen molar-refractivity contribution >= 4 is 12.0 Å². The van der Waals surface area contributed by atoms with E-state index in [9.17, 15) is 9.90 Å². The molecule has 2 rings (SSSR count). The van der Waals surface area contributed by atoms with Gasteiger partial charge in [0.1, 0.15) is 5.75 Å². The van der Waals surface area contributed by atoms with E-state index < -0.39 is 6.10 Å². The Bertz CT molecular complexity index is 439. The summed E-state index contributed by atoms with van der Waals surface area (Å²) in [5.41, 5.74) is 0.860. The minimum Gasteiger partial charge on any atom is -0.508 e. The maximum Gasteiger partial charge on any atom is 0.246 e. The van der Waals surface area contributed by atoms with Crippen molar-refractivity contribution in [3.8, 4) is 5.75 Å². The number of carbonyl (C=O) groups is 1. The third-order valence-electron chi connectivity index (χ3n) is 3.02. The molecule has 1 saturated heterocycles. The zero-order valence-corrected chi connectivity index (χ0v) is 10.1. The van der Waals surface area contributed by atoms with Crippen molar-refractivity contribution in [1.82, 2.24) is 4.90 Å². The number of hydrogen-bond acceptors (Lipinski definition) is 3. The number of phenols is 1. The summed E-state index contributed by atoms with van der Waals surface area (Å²) in [5, 5.41) is 18.6. The van der Waals surface area contributed by atoms with E-state index >= 15 is 0 Å². The van der Waals surface area contributed by atoms with E-state index in [0.29, 0.717) is 13.1 Å².